The maximum atomic E-state index is 5.51. The van der Waals surface area contributed by atoms with Crippen molar-refractivity contribution in [2.75, 3.05) is 10.7 Å². The van der Waals surface area contributed by atoms with Gasteiger partial charge < -0.3 is 10.7 Å². The summed E-state index contributed by atoms with van der Waals surface area (Å²) in [5.74, 6) is 6.97. The lowest BCUT2D eigenvalue weighted by Crippen LogP contribution is -2.16. The van der Waals surface area contributed by atoms with Crippen LogP contribution in [0.5, 0.6) is 0 Å². The van der Waals surface area contributed by atoms with Crippen LogP contribution in [0.4, 0.5) is 11.6 Å². The summed E-state index contributed by atoms with van der Waals surface area (Å²) in [7, 11) is 0. The fourth-order valence-corrected chi connectivity index (χ4v) is 2.06. The highest BCUT2D eigenvalue weighted by molar-refractivity contribution is 5.57. The Morgan fingerprint density at radius 2 is 2.00 bits per heavy atom. The van der Waals surface area contributed by atoms with E-state index >= 15 is 0 Å². The Hall–Kier alpha value is -2.21. The number of nitrogen functional groups attached to an aromatic ring is 1. The fraction of sp³-hybridized carbons (Fsp3) is 0.357. The van der Waals surface area contributed by atoms with Crippen LogP contribution in [0.1, 0.15) is 37.6 Å². The lowest BCUT2D eigenvalue weighted by molar-refractivity contribution is 0.817. The van der Waals surface area contributed by atoms with Crippen LogP contribution in [0, 0.1) is 0 Å². The van der Waals surface area contributed by atoms with Gasteiger partial charge in [-0.3, -0.25) is 4.98 Å². The Morgan fingerprint density at radius 1 is 1.20 bits per heavy atom. The fourth-order valence-electron chi connectivity index (χ4n) is 2.06. The number of pyridine rings is 1. The van der Waals surface area contributed by atoms with E-state index in [0.717, 1.165) is 29.9 Å². The van der Waals surface area contributed by atoms with Gasteiger partial charge in [-0.2, -0.15) is 0 Å². The van der Waals surface area contributed by atoms with Crippen molar-refractivity contribution in [3.05, 3.63) is 42.0 Å². The van der Waals surface area contributed by atoms with E-state index in [0.29, 0.717) is 5.82 Å². The van der Waals surface area contributed by atoms with Gasteiger partial charge in [-0.25, -0.2) is 15.8 Å². The number of hydrazine groups is 1. The van der Waals surface area contributed by atoms with Crippen molar-refractivity contribution >= 4 is 11.6 Å². The molecule has 0 aliphatic carbocycles. The van der Waals surface area contributed by atoms with Crippen LogP contribution in [0.2, 0.25) is 0 Å². The Kier molecular flexibility index (Phi) is 4.84. The van der Waals surface area contributed by atoms with Crippen LogP contribution in [0.25, 0.3) is 0 Å². The van der Waals surface area contributed by atoms with Crippen molar-refractivity contribution in [2.45, 2.75) is 32.7 Å². The van der Waals surface area contributed by atoms with Gasteiger partial charge in [0.05, 0.1) is 11.7 Å². The third-order valence-electron chi connectivity index (χ3n) is 3.07. The highest BCUT2D eigenvalue weighted by Gasteiger charge is 2.13. The first-order chi connectivity index (χ1) is 9.76. The zero-order valence-electron chi connectivity index (χ0n) is 11.8. The van der Waals surface area contributed by atoms with Gasteiger partial charge in [-0.05, 0) is 25.5 Å². The number of nitrogens with two attached hydrogens (primary N) is 1. The quantitative estimate of drug-likeness (QED) is 0.552. The van der Waals surface area contributed by atoms with Crippen molar-refractivity contribution in [1.82, 2.24) is 15.0 Å². The molecule has 20 heavy (non-hydrogen) atoms. The molecular formula is C14H20N6. The molecule has 0 aliphatic heterocycles. The van der Waals surface area contributed by atoms with E-state index in [4.69, 9.17) is 5.84 Å². The average Bonchev–Trinajstić information content (AvgIpc) is 2.50. The molecule has 6 nitrogen and oxygen atoms in total. The molecule has 1 atom stereocenters. The third-order valence-corrected chi connectivity index (χ3v) is 3.07. The molecule has 0 aromatic carbocycles. The van der Waals surface area contributed by atoms with E-state index in [1.807, 2.05) is 18.2 Å². The average molecular weight is 272 g/mol. The first-order valence-corrected chi connectivity index (χ1v) is 6.74. The van der Waals surface area contributed by atoms with Gasteiger partial charge in [0.25, 0.3) is 0 Å². The van der Waals surface area contributed by atoms with E-state index in [9.17, 15) is 0 Å². The lowest BCUT2D eigenvalue weighted by Gasteiger charge is -2.18. The molecule has 2 aromatic heterocycles. The second-order valence-electron chi connectivity index (χ2n) is 4.56. The standard InChI is InChI=1S/C14H20N6/c1-3-6-11-13(17-9-18-14(11)20-15)19-10(2)12-7-4-5-8-16-12/h4-5,7-10H,3,6,15H2,1-2H3,(H2,17,18,19,20). The van der Waals surface area contributed by atoms with E-state index in [1.165, 1.54) is 6.33 Å². The molecule has 1 unspecified atom stereocenters. The molecule has 0 radical (unpaired) electrons. The van der Waals surface area contributed by atoms with Gasteiger partial charge in [0.2, 0.25) is 0 Å². The summed E-state index contributed by atoms with van der Waals surface area (Å²) in [6.07, 6.45) is 5.14. The highest BCUT2D eigenvalue weighted by atomic mass is 15.3. The molecular weight excluding hydrogens is 252 g/mol. The number of rotatable bonds is 6. The Labute approximate surface area is 118 Å². The summed E-state index contributed by atoms with van der Waals surface area (Å²) in [5, 5.41) is 3.38. The topological polar surface area (TPSA) is 88.8 Å². The van der Waals surface area contributed by atoms with Crippen molar-refractivity contribution < 1.29 is 0 Å². The predicted molar refractivity (Wildman–Crippen MR) is 80.1 cm³/mol. The van der Waals surface area contributed by atoms with Gasteiger partial charge >= 0.3 is 0 Å². The second kappa shape index (κ2) is 6.81. The zero-order chi connectivity index (χ0) is 14.4. The number of nitrogens with zero attached hydrogens (tertiary/aromatic N) is 3. The zero-order valence-corrected chi connectivity index (χ0v) is 11.8. The summed E-state index contributed by atoms with van der Waals surface area (Å²) in [5.41, 5.74) is 4.60. The summed E-state index contributed by atoms with van der Waals surface area (Å²) in [6, 6.07) is 5.92. The van der Waals surface area contributed by atoms with Crippen LogP contribution < -0.4 is 16.6 Å². The molecule has 0 bridgehead atoms. The lowest BCUT2D eigenvalue weighted by atomic mass is 10.1. The molecule has 2 rings (SSSR count). The van der Waals surface area contributed by atoms with E-state index < -0.39 is 0 Å². The summed E-state index contributed by atoms with van der Waals surface area (Å²) < 4.78 is 0. The molecule has 2 heterocycles. The van der Waals surface area contributed by atoms with Crippen molar-refractivity contribution in [3.8, 4) is 0 Å². The number of aromatic nitrogens is 3. The normalized spacial score (nSPS) is 11.9. The smallest absolute Gasteiger partial charge is 0.148 e. The molecule has 4 N–H and O–H groups in total. The SMILES string of the molecule is CCCc1c(NN)ncnc1NC(C)c1ccccn1. The summed E-state index contributed by atoms with van der Waals surface area (Å²) >= 11 is 0. The Morgan fingerprint density at radius 3 is 2.65 bits per heavy atom. The summed E-state index contributed by atoms with van der Waals surface area (Å²) in [4.78, 5) is 12.8. The maximum Gasteiger partial charge on any atom is 0.148 e. The Bertz CT molecular complexity index is 543. The van der Waals surface area contributed by atoms with Gasteiger partial charge in [0, 0.05) is 11.8 Å². The highest BCUT2D eigenvalue weighted by Crippen LogP contribution is 2.24. The van der Waals surface area contributed by atoms with Gasteiger partial charge in [-0.1, -0.05) is 19.4 Å². The minimum absolute atomic E-state index is 0.0623. The first-order valence-electron chi connectivity index (χ1n) is 6.74. The number of hydrogen-bond acceptors (Lipinski definition) is 6. The molecule has 106 valence electrons. The van der Waals surface area contributed by atoms with Crippen molar-refractivity contribution in [3.63, 3.8) is 0 Å². The van der Waals surface area contributed by atoms with Crippen LogP contribution >= 0.6 is 0 Å². The molecule has 0 amide bonds. The first kappa shape index (κ1) is 14.2. The van der Waals surface area contributed by atoms with E-state index in [2.05, 4.69) is 39.5 Å². The molecule has 0 spiro atoms. The minimum atomic E-state index is 0.0623. The molecule has 0 saturated heterocycles. The molecule has 0 aliphatic rings. The molecule has 6 heteroatoms. The number of anilines is 2. The van der Waals surface area contributed by atoms with E-state index in [-0.39, 0.29) is 6.04 Å². The number of nitrogens with one attached hydrogen (secondary N) is 2. The van der Waals surface area contributed by atoms with Crippen molar-refractivity contribution in [1.29, 1.82) is 0 Å². The molecule has 0 saturated carbocycles. The van der Waals surface area contributed by atoms with Crippen LogP contribution in [0.15, 0.2) is 30.7 Å². The van der Waals surface area contributed by atoms with Gasteiger partial charge in [0.15, 0.2) is 0 Å². The minimum Gasteiger partial charge on any atom is -0.362 e. The molecule has 2 aromatic rings. The largest absolute Gasteiger partial charge is 0.362 e. The molecule has 0 fully saturated rings. The van der Waals surface area contributed by atoms with Gasteiger partial charge in [-0.15, -0.1) is 0 Å². The van der Waals surface area contributed by atoms with Gasteiger partial charge in [0.1, 0.15) is 18.0 Å². The van der Waals surface area contributed by atoms with Crippen LogP contribution in [-0.4, -0.2) is 15.0 Å². The van der Waals surface area contributed by atoms with Crippen LogP contribution in [-0.2, 0) is 6.42 Å². The third kappa shape index (κ3) is 3.21. The monoisotopic (exact) mass is 272 g/mol. The number of hydrogen-bond donors (Lipinski definition) is 3. The summed E-state index contributed by atoms with van der Waals surface area (Å²) in [6.45, 7) is 4.16. The Balaban J connectivity index is 2.24. The maximum absolute atomic E-state index is 5.51. The van der Waals surface area contributed by atoms with E-state index in [1.54, 1.807) is 6.20 Å². The van der Waals surface area contributed by atoms with Crippen LogP contribution in [0.3, 0.4) is 0 Å². The second-order valence-corrected chi connectivity index (χ2v) is 4.56. The predicted octanol–water partition coefficient (Wildman–Crippen LogP) is 2.28. The van der Waals surface area contributed by atoms with Crippen molar-refractivity contribution in [2.24, 2.45) is 5.84 Å².